The number of non-ortho nitro benzene ring substituents is 1. The Hall–Kier alpha value is -2.20. The van der Waals surface area contributed by atoms with Gasteiger partial charge in [-0.2, -0.15) is 12.6 Å². The topological polar surface area (TPSA) is 140 Å². The van der Waals surface area contributed by atoms with Gasteiger partial charge in [-0.05, 0) is 0 Å². The van der Waals surface area contributed by atoms with Crippen LogP contribution in [0.2, 0.25) is 0 Å². The van der Waals surface area contributed by atoms with Gasteiger partial charge in [-0.15, -0.1) is 0 Å². The fraction of sp³-hybridized carbons (Fsp3) is 0.222. The number of rotatable bonds is 6. The Labute approximate surface area is 111 Å². The number of thiol groups is 1. The average Bonchev–Trinajstić information content (AvgIpc) is 2.35. The lowest BCUT2D eigenvalue weighted by molar-refractivity contribution is -0.598. The van der Waals surface area contributed by atoms with Crippen LogP contribution < -0.4 is 5.32 Å². The molecular formula is C9H10N3O6S+. The predicted molar refractivity (Wildman–Crippen MR) is 66.6 cm³/mol. The second-order valence-corrected chi connectivity index (χ2v) is 3.92. The quantitative estimate of drug-likeness (QED) is 0.293. The highest BCUT2D eigenvalue weighted by Crippen LogP contribution is 2.25. The summed E-state index contributed by atoms with van der Waals surface area (Å²) in [5.74, 6) is -1.22. The highest BCUT2D eigenvalue weighted by molar-refractivity contribution is 7.80. The molecule has 0 aliphatic rings. The number of quaternary nitrogens is 1. The van der Waals surface area contributed by atoms with E-state index < -0.39 is 33.2 Å². The van der Waals surface area contributed by atoms with Crippen molar-refractivity contribution in [3.63, 3.8) is 0 Å². The molecule has 1 rings (SSSR count). The summed E-state index contributed by atoms with van der Waals surface area (Å²) >= 11 is 3.83. The summed E-state index contributed by atoms with van der Waals surface area (Å²) in [6, 6.07) is 2.01. The third kappa shape index (κ3) is 3.63. The maximum atomic E-state index is 10.8. The zero-order valence-corrected chi connectivity index (χ0v) is 10.3. The first-order valence-corrected chi connectivity index (χ1v) is 5.61. The molecule has 0 bridgehead atoms. The predicted octanol–water partition coefficient (Wildman–Crippen LogP) is 0.0809. The Balaban J connectivity index is 3.16. The summed E-state index contributed by atoms with van der Waals surface area (Å²) in [6.45, 7) is 0. The van der Waals surface area contributed by atoms with E-state index in [1.807, 2.05) is 0 Å². The van der Waals surface area contributed by atoms with E-state index in [0.717, 1.165) is 23.5 Å². The second kappa shape index (κ2) is 6.11. The molecule has 19 heavy (non-hydrogen) atoms. The first-order valence-electron chi connectivity index (χ1n) is 4.98. The summed E-state index contributed by atoms with van der Waals surface area (Å²) in [5, 5.41) is 31.4. The lowest BCUT2D eigenvalue weighted by atomic mass is 10.2. The van der Waals surface area contributed by atoms with Gasteiger partial charge in [0.05, 0.1) is 15.6 Å². The fourth-order valence-corrected chi connectivity index (χ4v) is 1.63. The molecule has 3 N–H and O–H groups in total. The van der Waals surface area contributed by atoms with Gasteiger partial charge >= 0.3 is 11.7 Å². The van der Waals surface area contributed by atoms with E-state index in [0.29, 0.717) is 0 Å². The number of hydrogen-bond acceptors (Lipinski definition) is 6. The van der Waals surface area contributed by atoms with E-state index in [2.05, 4.69) is 12.6 Å². The molecule has 10 heteroatoms. The summed E-state index contributed by atoms with van der Waals surface area (Å²) in [6.07, 6.45) is 0. The molecule has 1 aromatic rings. The lowest BCUT2D eigenvalue weighted by Crippen LogP contribution is -2.87. The van der Waals surface area contributed by atoms with Crippen LogP contribution in [0.3, 0.4) is 0 Å². The van der Waals surface area contributed by atoms with Gasteiger partial charge in [-0.25, -0.2) is 4.79 Å². The number of aliphatic carboxylic acids is 1. The van der Waals surface area contributed by atoms with Crippen molar-refractivity contribution in [2.75, 3.05) is 5.75 Å². The largest absolute Gasteiger partial charge is 0.477 e. The van der Waals surface area contributed by atoms with Crippen LogP contribution in [0.5, 0.6) is 0 Å². The van der Waals surface area contributed by atoms with Crippen LogP contribution in [0.4, 0.5) is 17.1 Å². The first kappa shape index (κ1) is 14.9. The summed E-state index contributed by atoms with van der Waals surface area (Å²) < 4.78 is 0. The van der Waals surface area contributed by atoms with Gasteiger partial charge in [0.25, 0.3) is 5.69 Å². The maximum absolute atomic E-state index is 10.8. The highest BCUT2D eigenvalue weighted by atomic mass is 32.1. The number of hydrogen-bond donors (Lipinski definition) is 3. The van der Waals surface area contributed by atoms with E-state index in [9.17, 15) is 25.0 Å². The van der Waals surface area contributed by atoms with Crippen molar-refractivity contribution in [3.8, 4) is 0 Å². The first-order chi connectivity index (χ1) is 8.86. The minimum atomic E-state index is -1.18. The molecule has 102 valence electrons. The third-order valence-corrected chi connectivity index (χ3v) is 2.71. The van der Waals surface area contributed by atoms with Crippen molar-refractivity contribution in [1.29, 1.82) is 0 Å². The number of carbonyl (C=O) groups is 1. The highest BCUT2D eigenvalue weighted by Gasteiger charge is 2.27. The third-order valence-electron chi connectivity index (χ3n) is 2.32. The Kier molecular flexibility index (Phi) is 4.78. The lowest BCUT2D eigenvalue weighted by Gasteiger charge is -2.07. The van der Waals surface area contributed by atoms with Gasteiger partial charge in [0, 0.05) is 12.1 Å². The number of carboxylic acids is 1. The standard InChI is InChI=1S/C9H9N3O6S/c13-9(14)7(4-19)10-6-2-1-5(11(15)16)3-8(6)12(17)18/h1-3,7,10,19H,4H2,(H,13,14)/p+1. The van der Waals surface area contributed by atoms with Crippen LogP contribution in [0.25, 0.3) is 0 Å². The van der Waals surface area contributed by atoms with Crippen molar-refractivity contribution in [1.82, 2.24) is 0 Å². The Morgan fingerprint density at radius 3 is 2.42 bits per heavy atom. The molecule has 0 radical (unpaired) electrons. The average molecular weight is 288 g/mol. The van der Waals surface area contributed by atoms with Crippen LogP contribution in [0, 0.1) is 20.2 Å². The Morgan fingerprint density at radius 2 is 2.00 bits per heavy atom. The van der Waals surface area contributed by atoms with E-state index >= 15 is 0 Å². The van der Waals surface area contributed by atoms with Crippen molar-refractivity contribution in [2.24, 2.45) is 0 Å². The van der Waals surface area contributed by atoms with Crippen LogP contribution >= 0.6 is 12.6 Å². The SMILES string of the molecule is O=C(O)C(CS)[NH2+]c1ccc([N+](=O)[O-])cc1[N+](=O)[O-]. The number of nitro groups is 2. The monoisotopic (exact) mass is 288 g/mol. The van der Waals surface area contributed by atoms with Crippen molar-refractivity contribution in [3.05, 3.63) is 38.4 Å². The second-order valence-electron chi connectivity index (χ2n) is 3.55. The summed E-state index contributed by atoms with van der Waals surface area (Å²) in [7, 11) is 0. The molecule has 0 spiro atoms. The van der Waals surface area contributed by atoms with Gasteiger partial charge < -0.3 is 5.11 Å². The molecule has 0 aliphatic heterocycles. The van der Waals surface area contributed by atoms with Gasteiger partial charge in [-0.1, -0.05) is 0 Å². The normalized spacial score (nSPS) is 11.8. The molecule has 0 aliphatic carbocycles. The van der Waals surface area contributed by atoms with E-state index in [1.54, 1.807) is 0 Å². The molecule has 0 saturated heterocycles. The van der Waals surface area contributed by atoms with Gasteiger partial charge in [0.1, 0.15) is 6.07 Å². The molecule has 0 saturated carbocycles. The Morgan fingerprint density at radius 1 is 1.37 bits per heavy atom. The van der Waals surface area contributed by atoms with E-state index in [1.165, 1.54) is 0 Å². The van der Waals surface area contributed by atoms with Crippen molar-refractivity contribution in [2.45, 2.75) is 6.04 Å². The molecule has 1 aromatic carbocycles. The molecular weight excluding hydrogens is 278 g/mol. The number of benzene rings is 1. The summed E-state index contributed by atoms with van der Waals surface area (Å²) in [4.78, 5) is 30.7. The molecule has 0 heterocycles. The van der Waals surface area contributed by atoms with Crippen molar-refractivity contribution < 1.29 is 25.1 Å². The molecule has 0 aromatic heterocycles. The van der Waals surface area contributed by atoms with Crippen LogP contribution in [0.1, 0.15) is 0 Å². The zero-order chi connectivity index (χ0) is 14.6. The number of nitrogens with two attached hydrogens (primary N) is 1. The molecule has 0 fully saturated rings. The fourth-order valence-electron chi connectivity index (χ4n) is 1.36. The van der Waals surface area contributed by atoms with E-state index in [4.69, 9.17) is 5.11 Å². The minimum absolute atomic E-state index is 0.0112. The molecule has 9 nitrogen and oxygen atoms in total. The van der Waals surface area contributed by atoms with Crippen LogP contribution in [-0.4, -0.2) is 32.7 Å². The van der Waals surface area contributed by atoms with Crippen LogP contribution in [-0.2, 0) is 4.79 Å². The van der Waals surface area contributed by atoms with Gasteiger partial charge in [0.15, 0.2) is 6.04 Å². The molecule has 0 amide bonds. The summed E-state index contributed by atoms with van der Waals surface area (Å²) in [5.41, 5.74) is -0.930. The maximum Gasteiger partial charge on any atom is 0.363 e. The smallest absolute Gasteiger partial charge is 0.363 e. The van der Waals surface area contributed by atoms with Crippen molar-refractivity contribution >= 4 is 35.7 Å². The van der Waals surface area contributed by atoms with Gasteiger partial charge in [-0.3, -0.25) is 25.5 Å². The zero-order valence-electron chi connectivity index (χ0n) is 9.42. The molecule has 1 unspecified atom stereocenters. The van der Waals surface area contributed by atoms with Crippen LogP contribution in [0.15, 0.2) is 18.2 Å². The number of carboxylic acid groups (broad SMARTS) is 1. The number of nitro benzene ring substituents is 2. The number of nitrogens with zero attached hydrogens (tertiary/aromatic N) is 2. The Bertz CT molecular complexity index is 535. The minimum Gasteiger partial charge on any atom is -0.477 e. The molecule has 1 atom stereocenters. The van der Waals surface area contributed by atoms with Gasteiger partial charge in [0.2, 0.25) is 5.69 Å². The van der Waals surface area contributed by atoms with E-state index in [-0.39, 0.29) is 11.4 Å².